The van der Waals surface area contributed by atoms with Crippen LogP contribution >= 0.6 is 0 Å². The molecule has 2 aromatic carbocycles. The van der Waals surface area contributed by atoms with Gasteiger partial charge in [0, 0.05) is 21.9 Å². The molecular weight excluding hydrogens is 296 g/mol. The summed E-state index contributed by atoms with van der Waals surface area (Å²) in [5, 5.41) is 23.3. The van der Waals surface area contributed by atoms with Crippen LogP contribution in [0.5, 0.6) is 11.5 Å². The second-order valence-corrected chi connectivity index (χ2v) is 7.78. The van der Waals surface area contributed by atoms with E-state index >= 15 is 0 Å². The molecule has 2 aliphatic carbocycles. The minimum Gasteiger partial charge on any atom is -0.507 e. The van der Waals surface area contributed by atoms with Crippen LogP contribution in [0.25, 0.3) is 10.8 Å². The van der Waals surface area contributed by atoms with Gasteiger partial charge in [0.1, 0.15) is 11.5 Å². The van der Waals surface area contributed by atoms with Gasteiger partial charge in [0.25, 0.3) is 0 Å². The molecule has 0 saturated heterocycles. The molecule has 1 saturated carbocycles. The molecule has 2 bridgehead atoms. The lowest BCUT2D eigenvalue weighted by Crippen LogP contribution is -2.00. The van der Waals surface area contributed by atoms with Gasteiger partial charge >= 0.3 is 0 Å². The first-order valence-corrected chi connectivity index (χ1v) is 9.71. The first-order chi connectivity index (χ1) is 11.7. The number of rotatable bonds is 6. The second kappa shape index (κ2) is 6.31. The van der Waals surface area contributed by atoms with Gasteiger partial charge in [-0.2, -0.15) is 0 Å². The van der Waals surface area contributed by atoms with Crippen molar-refractivity contribution in [2.45, 2.75) is 76.5 Å². The van der Waals surface area contributed by atoms with E-state index < -0.39 is 0 Å². The summed E-state index contributed by atoms with van der Waals surface area (Å²) in [6.45, 7) is 2.24. The first-order valence-electron chi connectivity index (χ1n) is 9.71. The predicted octanol–water partition coefficient (Wildman–Crippen LogP) is 6.13. The molecule has 2 unspecified atom stereocenters. The van der Waals surface area contributed by atoms with E-state index in [1.54, 1.807) is 0 Å². The summed E-state index contributed by atoms with van der Waals surface area (Å²) in [5.41, 5.74) is 3.37. The largest absolute Gasteiger partial charge is 0.507 e. The highest BCUT2D eigenvalue weighted by molar-refractivity contribution is 5.97. The number of hydrogen-bond acceptors (Lipinski definition) is 2. The SMILES string of the molecule is CCCCCCCc1ccc2c(O)c3c(c(O)c2c1)C1CCC3C1. The Morgan fingerprint density at radius 1 is 0.875 bits per heavy atom. The Morgan fingerprint density at radius 2 is 1.54 bits per heavy atom. The highest BCUT2D eigenvalue weighted by Gasteiger charge is 2.41. The third-order valence-electron chi connectivity index (χ3n) is 6.21. The molecule has 2 N–H and O–H groups in total. The Balaban J connectivity index is 1.64. The van der Waals surface area contributed by atoms with Gasteiger partial charge in [-0.1, -0.05) is 44.7 Å². The average molecular weight is 324 g/mol. The number of aromatic hydroxyl groups is 2. The number of hydrogen-bond donors (Lipinski definition) is 2. The predicted molar refractivity (Wildman–Crippen MR) is 99.1 cm³/mol. The van der Waals surface area contributed by atoms with E-state index in [-0.39, 0.29) is 0 Å². The minimum atomic E-state index is 0.430. The fourth-order valence-corrected chi connectivity index (χ4v) is 4.96. The van der Waals surface area contributed by atoms with Crippen LogP contribution in [0, 0.1) is 0 Å². The highest BCUT2D eigenvalue weighted by Crippen LogP contribution is 2.60. The summed E-state index contributed by atoms with van der Waals surface area (Å²) in [6, 6.07) is 6.25. The van der Waals surface area contributed by atoms with Crippen LogP contribution in [0.3, 0.4) is 0 Å². The smallest absolute Gasteiger partial charge is 0.127 e. The molecule has 1 fully saturated rings. The molecule has 0 spiro atoms. The van der Waals surface area contributed by atoms with Crippen molar-refractivity contribution in [1.82, 2.24) is 0 Å². The van der Waals surface area contributed by atoms with Crippen LogP contribution in [0.2, 0.25) is 0 Å². The zero-order valence-corrected chi connectivity index (χ0v) is 14.6. The Morgan fingerprint density at radius 3 is 2.25 bits per heavy atom. The van der Waals surface area contributed by atoms with E-state index in [1.165, 1.54) is 37.7 Å². The number of phenols is 2. The van der Waals surface area contributed by atoms with Crippen molar-refractivity contribution in [3.8, 4) is 11.5 Å². The fraction of sp³-hybridized carbons (Fsp3) is 0.545. The molecule has 0 heterocycles. The summed E-state index contributed by atoms with van der Waals surface area (Å²) >= 11 is 0. The van der Waals surface area contributed by atoms with Gasteiger partial charge in [-0.15, -0.1) is 0 Å². The minimum absolute atomic E-state index is 0.430. The Bertz CT molecular complexity index is 762. The lowest BCUT2D eigenvalue weighted by Gasteiger charge is -2.20. The van der Waals surface area contributed by atoms with Crippen molar-refractivity contribution < 1.29 is 10.2 Å². The van der Waals surface area contributed by atoms with Crippen molar-refractivity contribution >= 4 is 10.8 Å². The normalized spacial score (nSPS) is 21.5. The van der Waals surface area contributed by atoms with E-state index in [0.717, 1.165) is 47.6 Å². The van der Waals surface area contributed by atoms with Crippen molar-refractivity contribution in [3.63, 3.8) is 0 Å². The van der Waals surface area contributed by atoms with Crippen LogP contribution in [-0.2, 0) is 6.42 Å². The third kappa shape index (κ3) is 2.47. The Hall–Kier alpha value is -1.70. The van der Waals surface area contributed by atoms with Gasteiger partial charge in [0.15, 0.2) is 0 Å². The molecular formula is C22H28O2. The second-order valence-electron chi connectivity index (χ2n) is 7.78. The van der Waals surface area contributed by atoms with Crippen molar-refractivity contribution in [2.75, 3.05) is 0 Å². The van der Waals surface area contributed by atoms with E-state index in [1.807, 2.05) is 6.07 Å². The van der Waals surface area contributed by atoms with Crippen LogP contribution in [0.1, 0.15) is 86.8 Å². The van der Waals surface area contributed by atoms with E-state index in [0.29, 0.717) is 23.3 Å². The molecule has 0 radical (unpaired) electrons. The summed E-state index contributed by atoms with van der Waals surface area (Å²) in [6.07, 6.45) is 10.9. The average Bonchev–Trinajstić information content (AvgIpc) is 3.21. The molecule has 2 heteroatoms. The lowest BCUT2D eigenvalue weighted by molar-refractivity contribution is 0.451. The maximum atomic E-state index is 10.9. The van der Waals surface area contributed by atoms with Gasteiger partial charge in [-0.25, -0.2) is 0 Å². The number of unbranched alkanes of at least 4 members (excludes halogenated alkanes) is 4. The van der Waals surface area contributed by atoms with Gasteiger partial charge in [0.05, 0.1) is 0 Å². The quantitative estimate of drug-likeness (QED) is 0.496. The van der Waals surface area contributed by atoms with Gasteiger partial charge in [-0.3, -0.25) is 0 Å². The topological polar surface area (TPSA) is 40.5 Å². The molecule has 2 atom stereocenters. The van der Waals surface area contributed by atoms with E-state index in [9.17, 15) is 10.2 Å². The standard InChI is InChI=1S/C22H28O2/c1-2-3-4-5-6-7-14-8-11-17-18(12-14)22(24)20-16-10-9-15(13-16)19(20)21(17)23/h8,11-12,15-16,23-24H,2-7,9-10,13H2,1H3. The third-order valence-corrected chi connectivity index (χ3v) is 6.21. The molecule has 0 aromatic heterocycles. The van der Waals surface area contributed by atoms with E-state index in [2.05, 4.69) is 19.1 Å². The maximum Gasteiger partial charge on any atom is 0.127 e. The number of aryl methyl sites for hydroxylation is 1. The zero-order valence-electron chi connectivity index (χ0n) is 14.6. The van der Waals surface area contributed by atoms with Crippen LogP contribution in [-0.4, -0.2) is 10.2 Å². The molecule has 0 amide bonds. The summed E-state index contributed by atoms with van der Waals surface area (Å²) in [4.78, 5) is 0. The molecule has 24 heavy (non-hydrogen) atoms. The highest BCUT2D eigenvalue weighted by atomic mass is 16.3. The van der Waals surface area contributed by atoms with Crippen molar-refractivity contribution in [2.24, 2.45) is 0 Å². The lowest BCUT2D eigenvalue weighted by atomic mass is 9.86. The summed E-state index contributed by atoms with van der Waals surface area (Å²) in [7, 11) is 0. The van der Waals surface area contributed by atoms with Crippen LogP contribution in [0.15, 0.2) is 18.2 Å². The Kier molecular flexibility index (Phi) is 4.15. The number of phenolic OH excluding ortho intramolecular Hbond substituents is 2. The number of benzene rings is 2. The molecule has 0 aliphatic heterocycles. The molecule has 4 rings (SSSR count). The van der Waals surface area contributed by atoms with Gasteiger partial charge in [-0.05, 0) is 55.6 Å². The summed E-state index contributed by atoms with van der Waals surface area (Å²) < 4.78 is 0. The van der Waals surface area contributed by atoms with Gasteiger partial charge < -0.3 is 10.2 Å². The monoisotopic (exact) mass is 324 g/mol. The van der Waals surface area contributed by atoms with Gasteiger partial charge in [0.2, 0.25) is 0 Å². The van der Waals surface area contributed by atoms with Crippen molar-refractivity contribution in [3.05, 3.63) is 34.9 Å². The molecule has 2 aromatic rings. The van der Waals surface area contributed by atoms with Crippen LogP contribution in [0.4, 0.5) is 0 Å². The zero-order chi connectivity index (χ0) is 16.7. The molecule has 2 nitrogen and oxygen atoms in total. The van der Waals surface area contributed by atoms with E-state index in [4.69, 9.17) is 0 Å². The first kappa shape index (κ1) is 15.8. The number of fused-ring (bicyclic) bond motifs is 6. The van der Waals surface area contributed by atoms with Crippen LogP contribution < -0.4 is 0 Å². The molecule has 128 valence electrons. The molecule has 2 aliphatic rings. The van der Waals surface area contributed by atoms with Crippen molar-refractivity contribution in [1.29, 1.82) is 0 Å². The maximum absolute atomic E-state index is 10.9. The fourth-order valence-electron chi connectivity index (χ4n) is 4.96. The Labute approximate surface area is 144 Å². The summed E-state index contributed by atoms with van der Waals surface area (Å²) in [5.74, 6) is 1.79.